The lowest BCUT2D eigenvalue weighted by Crippen LogP contribution is -2.48. The molecule has 0 bridgehead atoms. The van der Waals surface area contributed by atoms with Crippen molar-refractivity contribution >= 4 is 23.8 Å². The Bertz CT molecular complexity index is 448. The van der Waals surface area contributed by atoms with Gasteiger partial charge in [-0.15, -0.1) is 0 Å². The van der Waals surface area contributed by atoms with Gasteiger partial charge >= 0.3 is 0 Å². The van der Waals surface area contributed by atoms with Gasteiger partial charge in [-0.1, -0.05) is 0 Å². The van der Waals surface area contributed by atoms with Crippen molar-refractivity contribution in [2.45, 2.75) is 0 Å². The lowest BCUT2D eigenvalue weighted by Gasteiger charge is -2.27. The average molecular weight is 251 g/mol. The number of amides is 1. The second kappa shape index (κ2) is 5.03. The predicted molar refractivity (Wildman–Crippen MR) is 68.9 cm³/mol. The Labute approximate surface area is 105 Å². The quantitative estimate of drug-likeness (QED) is 0.706. The minimum atomic E-state index is -0.0147. The molecular formula is C10H17N7O. The molecule has 2 heterocycles. The summed E-state index contributed by atoms with van der Waals surface area (Å²) < 4.78 is 0. The highest BCUT2D eigenvalue weighted by atomic mass is 16.2. The molecule has 0 unspecified atom stereocenters. The van der Waals surface area contributed by atoms with E-state index in [4.69, 9.17) is 0 Å². The van der Waals surface area contributed by atoms with E-state index >= 15 is 0 Å². The van der Waals surface area contributed by atoms with Crippen molar-refractivity contribution < 1.29 is 4.79 Å². The van der Waals surface area contributed by atoms with Crippen LogP contribution in [0, 0.1) is 0 Å². The minimum absolute atomic E-state index is 0.0147. The SMILES string of the molecule is CNc1nc(N(C)C)nc(N2CCNC(=O)C2)n1. The maximum atomic E-state index is 11.4. The summed E-state index contributed by atoms with van der Waals surface area (Å²) >= 11 is 0. The number of nitrogens with one attached hydrogen (secondary N) is 2. The molecule has 18 heavy (non-hydrogen) atoms. The Hall–Kier alpha value is -2.12. The molecule has 98 valence electrons. The van der Waals surface area contributed by atoms with Gasteiger partial charge in [-0.3, -0.25) is 4.79 Å². The molecule has 1 aliphatic heterocycles. The lowest BCUT2D eigenvalue weighted by atomic mass is 10.4. The molecule has 1 aromatic heterocycles. The fraction of sp³-hybridized carbons (Fsp3) is 0.600. The van der Waals surface area contributed by atoms with Crippen LogP contribution in [0.2, 0.25) is 0 Å². The number of aromatic nitrogens is 3. The number of hydrogen-bond donors (Lipinski definition) is 2. The van der Waals surface area contributed by atoms with E-state index in [1.54, 1.807) is 11.9 Å². The summed E-state index contributed by atoms with van der Waals surface area (Å²) in [5, 5.41) is 5.67. The topological polar surface area (TPSA) is 86.3 Å². The largest absolute Gasteiger partial charge is 0.357 e. The zero-order chi connectivity index (χ0) is 13.1. The zero-order valence-electron chi connectivity index (χ0n) is 10.8. The van der Waals surface area contributed by atoms with Gasteiger partial charge in [-0.25, -0.2) is 0 Å². The number of piperazine rings is 1. The summed E-state index contributed by atoms with van der Waals surface area (Å²) in [6, 6.07) is 0. The normalized spacial score (nSPS) is 15.3. The Morgan fingerprint density at radius 3 is 2.72 bits per heavy atom. The molecular weight excluding hydrogens is 234 g/mol. The zero-order valence-corrected chi connectivity index (χ0v) is 10.8. The van der Waals surface area contributed by atoms with Crippen LogP contribution in [0.1, 0.15) is 0 Å². The molecule has 1 saturated heterocycles. The van der Waals surface area contributed by atoms with Crippen LogP contribution < -0.4 is 20.4 Å². The van der Waals surface area contributed by atoms with Crippen LogP contribution in [0.5, 0.6) is 0 Å². The molecule has 8 nitrogen and oxygen atoms in total. The maximum absolute atomic E-state index is 11.4. The van der Waals surface area contributed by atoms with Gasteiger partial charge in [-0.2, -0.15) is 15.0 Å². The number of nitrogens with zero attached hydrogens (tertiary/aromatic N) is 5. The van der Waals surface area contributed by atoms with Gasteiger partial charge in [-0.05, 0) is 0 Å². The second-order valence-corrected chi connectivity index (χ2v) is 4.17. The second-order valence-electron chi connectivity index (χ2n) is 4.17. The van der Waals surface area contributed by atoms with Crippen molar-refractivity contribution in [1.29, 1.82) is 0 Å². The first-order valence-electron chi connectivity index (χ1n) is 5.73. The summed E-state index contributed by atoms with van der Waals surface area (Å²) in [7, 11) is 5.48. The fourth-order valence-electron chi connectivity index (χ4n) is 1.62. The van der Waals surface area contributed by atoms with Gasteiger partial charge < -0.3 is 20.4 Å². The maximum Gasteiger partial charge on any atom is 0.239 e. The highest BCUT2D eigenvalue weighted by Gasteiger charge is 2.20. The highest BCUT2D eigenvalue weighted by molar-refractivity contribution is 5.82. The third kappa shape index (κ3) is 2.58. The van der Waals surface area contributed by atoms with Crippen molar-refractivity contribution in [2.24, 2.45) is 0 Å². The van der Waals surface area contributed by atoms with E-state index in [0.29, 0.717) is 30.9 Å². The van der Waals surface area contributed by atoms with E-state index < -0.39 is 0 Å². The summed E-state index contributed by atoms with van der Waals surface area (Å²) in [6.45, 7) is 1.59. The van der Waals surface area contributed by atoms with Gasteiger partial charge in [0, 0.05) is 34.2 Å². The van der Waals surface area contributed by atoms with Crippen molar-refractivity contribution in [3.8, 4) is 0 Å². The summed E-state index contributed by atoms with van der Waals surface area (Å²) in [6.07, 6.45) is 0. The molecule has 0 aromatic carbocycles. The third-order valence-corrected chi connectivity index (χ3v) is 2.56. The molecule has 1 amide bonds. The van der Waals surface area contributed by atoms with E-state index in [9.17, 15) is 4.79 Å². The van der Waals surface area contributed by atoms with Crippen LogP contribution in [0.4, 0.5) is 17.8 Å². The number of carbonyl (C=O) groups excluding carboxylic acids is 1. The van der Waals surface area contributed by atoms with Gasteiger partial charge in [0.2, 0.25) is 23.8 Å². The molecule has 0 atom stereocenters. The molecule has 0 spiro atoms. The molecule has 0 saturated carbocycles. The molecule has 0 aliphatic carbocycles. The van der Waals surface area contributed by atoms with E-state index in [1.807, 2.05) is 19.0 Å². The molecule has 1 aromatic rings. The van der Waals surface area contributed by atoms with Crippen LogP contribution >= 0.6 is 0 Å². The smallest absolute Gasteiger partial charge is 0.239 e. The standard InChI is InChI=1S/C10H17N7O/c1-11-8-13-9(16(2)3)15-10(14-8)17-5-4-12-7(18)6-17/h4-6H2,1-3H3,(H,12,18)(H,11,13,14,15). The first-order chi connectivity index (χ1) is 8.60. The van der Waals surface area contributed by atoms with Gasteiger partial charge in [0.25, 0.3) is 0 Å². The molecule has 2 rings (SSSR count). The van der Waals surface area contributed by atoms with Crippen molar-refractivity contribution in [3.05, 3.63) is 0 Å². The van der Waals surface area contributed by atoms with Crippen LogP contribution in [0.25, 0.3) is 0 Å². The van der Waals surface area contributed by atoms with Gasteiger partial charge in [0.15, 0.2) is 0 Å². The van der Waals surface area contributed by atoms with E-state index in [0.717, 1.165) is 0 Å². The molecule has 1 fully saturated rings. The summed E-state index contributed by atoms with van der Waals surface area (Å²) in [4.78, 5) is 27.9. The number of carbonyl (C=O) groups is 1. The van der Waals surface area contributed by atoms with Crippen LogP contribution in [-0.4, -0.2) is 61.6 Å². The predicted octanol–water partition coefficient (Wildman–Crippen LogP) is -1.08. The number of rotatable bonds is 3. The highest BCUT2D eigenvalue weighted by Crippen LogP contribution is 2.15. The van der Waals surface area contributed by atoms with Gasteiger partial charge in [0.1, 0.15) is 0 Å². The Kier molecular flexibility index (Phi) is 3.45. The first kappa shape index (κ1) is 12.3. The van der Waals surface area contributed by atoms with Crippen molar-refractivity contribution in [3.63, 3.8) is 0 Å². The van der Waals surface area contributed by atoms with Crippen molar-refractivity contribution in [1.82, 2.24) is 20.3 Å². The Morgan fingerprint density at radius 1 is 1.33 bits per heavy atom. The molecule has 2 N–H and O–H groups in total. The average Bonchev–Trinajstić information content (AvgIpc) is 2.38. The summed E-state index contributed by atoms with van der Waals surface area (Å²) in [5.41, 5.74) is 0. The van der Waals surface area contributed by atoms with Crippen LogP contribution in [-0.2, 0) is 4.79 Å². The Morgan fingerprint density at radius 2 is 2.11 bits per heavy atom. The number of hydrogen-bond acceptors (Lipinski definition) is 7. The minimum Gasteiger partial charge on any atom is -0.357 e. The monoisotopic (exact) mass is 251 g/mol. The van der Waals surface area contributed by atoms with E-state index in [2.05, 4.69) is 25.6 Å². The fourth-order valence-corrected chi connectivity index (χ4v) is 1.62. The van der Waals surface area contributed by atoms with Crippen LogP contribution in [0.3, 0.4) is 0 Å². The summed E-state index contributed by atoms with van der Waals surface area (Å²) in [5.74, 6) is 1.57. The first-order valence-corrected chi connectivity index (χ1v) is 5.73. The van der Waals surface area contributed by atoms with Crippen molar-refractivity contribution in [2.75, 3.05) is 55.9 Å². The molecule has 8 heteroatoms. The van der Waals surface area contributed by atoms with Gasteiger partial charge in [0.05, 0.1) is 6.54 Å². The Balaban J connectivity index is 2.30. The molecule has 0 radical (unpaired) electrons. The van der Waals surface area contributed by atoms with E-state index in [1.165, 1.54) is 0 Å². The van der Waals surface area contributed by atoms with Crippen LogP contribution in [0.15, 0.2) is 0 Å². The lowest BCUT2D eigenvalue weighted by molar-refractivity contribution is -0.120. The number of anilines is 3. The molecule has 1 aliphatic rings. The third-order valence-electron chi connectivity index (χ3n) is 2.56. The van der Waals surface area contributed by atoms with E-state index in [-0.39, 0.29) is 12.5 Å².